The van der Waals surface area contributed by atoms with Gasteiger partial charge in [0.2, 0.25) is 0 Å². The molecule has 15 heavy (non-hydrogen) atoms. The van der Waals surface area contributed by atoms with Crippen LogP contribution < -0.4 is 0 Å². The molecule has 0 atom stereocenters. The Labute approximate surface area is 87.7 Å². The van der Waals surface area contributed by atoms with Crippen LogP contribution in [0, 0.1) is 17.1 Å². The van der Waals surface area contributed by atoms with Crippen LogP contribution in [0.25, 0.3) is 6.08 Å². The van der Waals surface area contributed by atoms with Crippen molar-refractivity contribution in [2.75, 3.05) is 0 Å². The van der Waals surface area contributed by atoms with Crippen molar-refractivity contribution in [3.63, 3.8) is 0 Å². The van der Waals surface area contributed by atoms with Gasteiger partial charge in [0.05, 0.1) is 12.5 Å². The summed E-state index contributed by atoms with van der Waals surface area (Å²) < 4.78 is 13.2. The maximum absolute atomic E-state index is 13.2. The molecule has 1 aromatic carbocycles. The van der Waals surface area contributed by atoms with Gasteiger partial charge in [-0.2, -0.15) is 5.26 Å². The van der Waals surface area contributed by atoms with Crippen molar-refractivity contribution in [1.29, 1.82) is 5.26 Å². The molecular weight excluding hydrogens is 193 g/mol. The molecule has 0 aromatic heterocycles. The minimum Gasteiger partial charge on any atom is -0.303 e. The lowest BCUT2D eigenvalue weighted by molar-refractivity contribution is -0.107. The van der Waals surface area contributed by atoms with E-state index in [0.717, 1.165) is 11.8 Å². The number of allylic oxidation sites excluding steroid dienone is 1. The fraction of sp³-hybridized carbons (Fsp3) is 0.167. The third kappa shape index (κ3) is 3.35. The van der Waals surface area contributed by atoms with Gasteiger partial charge >= 0.3 is 0 Å². The van der Waals surface area contributed by atoms with Gasteiger partial charge in [-0.3, -0.25) is 0 Å². The monoisotopic (exact) mass is 203 g/mol. The highest BCUT2D eigenvalue weighted by Gasteiger charge is 1.99. The van der Waals surface area contributed by atoms with Crippen LogP contribution in [0.4, 0.5) is 4.39 Å². The first kappa shape index (κ1) is 11.1. The fourth-order valence-corrected chi connectivity index (χ4v) is 1.17. The number of rotatable bonds is 4. The Morgan fingerprint density at radius 3 is 2.93 bits per heavy atom. The van der Waals surface area contributed by atoms with Crippen molar-refractivity contribution in [2.24, 2.45) is 0 Å². The Bertz CT molecular complexity index is 418. The minimum atomic E-state index is -0.348. The van der Waals surface area contributed by atoms with E-state index in [1.54, 1.807) is 24.3 Å². The summed E-state index contributed by atoms with van der Waals surface area (Å²) >= 11 is 0. The third-order valence-corrected chi connectivity index (χ3v) is 1.87. The molecule has 0 aliphatic heterocycles. The van der Waals surface area contributed by atoms with Gasteiger partial charge in [-0.05, 0) is 17.7 Å². The maximum Gasteiger partial charge on any atom is 0.130 e. The van der Waals surface area contributed by atoms with Crippen LogP contribution in [-0.2, 0) is 11.2 Å². The van der Waals surface area contributed by atoms with Crippen molar-refractivity contribution < 1.29 is 9.18 Å². The summed E-state index contributed by atoms with van der Waals surface area (Å²) in [6.07, 6.45) is 4.40. The normalized spacial score (nSPS) is 10.1. The molecule has 0 amide bonds. The van der Waals surface area contributed by atoms with Crippen molar-refractivity contribution in [3.05, 3.63) is 41.2 Å². The topological polar surface area (TPSA) is 40.9 Å². The fourth-order valence-electron chi connectivity index (χ4n) is 1.17. The van der Waals surface area contributed by atoms with Gasteiger partial charge < -0.3 is 4.79 Å². The first-order chi connectivity index (χ1) is 7.27. The van der Waals surface area contributed by atoms with Crippen LogP contribution in [0.15, 0.2) is 24.3 Å². The summed E-state index contributed by atoms with van der Waals surface area (Å²) in [5.41, 5.74) is 1.18. The highest BCUT2D eigenvalue weighted by Crippen LogP contribution is 2.12. The second-order valence-corrected chi connectivity index (χ2v) is 3.00. The Balaban J connectivity index is 2.90. The van der Waals surface area contributed by atoms with E-state index in [9.17, 15) is 9.18 Å². The average molecular weight is 203 g/mol. The maximum atomic E-state index is 13.2. The number of benzene rings is 1. The Morgan fingerprint density at radius 1 is 1.47 bits per heavy atom. The van der Waals surface area contributed by atoms with Crippen molar-refractivity contribution in [2.45, 2.75) is 12.8 Å². The highest BCUT2D eigenvalue weighted by molar-refractivity contribution is 5.58. The number of hydrogen-bond acceptors (Lipinski definition) is 2. The minimum absolute atomic E-state index is 0.259. The summed E-state index contributed by atoms with van der Waals surface area (Å²) in [5.74, 6) is -0.348. The number of aldehydes is 1. The number of nitriles is 1. The second kappa shape index (κ2) is 5.71. The van der Waals surface area contributed by atoms with Crippen molar-refractivity contribution in [1.82, 2.24) is 0 Å². The summed E-state index contributed by atoms with van der Waals surface area (Å²) in [6, 6.07) is 6.51. The van der Waals surface area contributed by atoms with E-state index < -0.39 is 0 Å². The van der Waals surface area contributed by atoms with Crippen molar-refractivity contribution >= 4 is 12.4 Å². The molecule has 0 N–H and O–H groups in total. The number of halogens is 1. The second-order valence-electron chi connectivity index (χ2n) is 3.00. The zero-order chi connectivity index (χ0) is 11.1. The summed E-state index contributed by atoms with van der Waals surface area (Å²) in [4.78, 5) is 10.1. The molecule has 0 saturated heterocycles. The molecule has 3 heteroatoms. The SMILES string of the molecule is N#CCc1ccc(F)c(C=CCC=O)c1. The van der Waals surface area contributed by atoms with Crippen LogP contribution in [0.2, 0.25) is 0 Å². The van der Waals surface area contributed by atoms with Gasteiger partial charge in [-0.1, -0.05) is 18.2 Å². The zero-order valence-electron chi connectivity index (χ0n) is 8.11. The van der Waals surface area contributed by atoms with E-state index >= 15 is 0 Å². The molecule has 1 rings (SSSR count). The van der Waals surface area contributed by atoms with E-state index in [1.807, 2.05) is 6.07 Å². The molecule has 0 bridgehead atoms. The molecule has 0 saturated carbocycles. The van der Waals surface area contributed by atoms with Gasteiger partial charge in [0.25, 0.3) is 0 Å². The predicted octanol–water partition coefficient (Wildman–Crippen LogP) is 2.49. The predicted molar refractivity (Wildman–Crippen MR) is 55.4 cm³/mol. The molecule has 0 unspecified atom stereocenters. The smallest absolute Gasteiger partial charge is 0.130 e. The van der Waals surface area contributed by atoms with E-state index in [0.29, 0.717) is 5.56 Å². The molecule has 1 aromatic rings. The molecule has 0 fully saturated rings. The molecule has 0 heterocycles. The van der Waals surface area contributed by atoms with Gasteiger partial charge in [0, 0.05) is 12.0 Å². The Hall–Kier alpha value is -1.95. The van der Waals surface area contributed by atoms with E-state index in [4.69, 9.17) is 5.26 Å². The van der Waals surface area contributed by atoms with E-state index in [-0.39, 0.29) is 18.7 Å². The average Bonchev–Trinajstić information content (AvgIpc) is 2.23. The van der Waals surface area contributed by atoms with Gasteiger partial charge in [0.15, 0.2) is 0 Å². The first-order valence-electron chi connectivity index (χ1n) is 4.53. The first-order valence-corrected chi connectivity index (χ1v) is 4.53. The van der Waals surface area contributed by atoms with Crippen LogP contribution in [0.3, 0.4) is 0 Å². The standard InChI is InChI=1S/C12H10FNO/c13-12-5-4-10(6-7-14)9-11(12)3-1-2-8-15/h1,3-5,8-9H,2,6H2. The lowest BCUT2D eigenvalue weighted by atomic mass is 10.1. The zero-order valence-corrected chi connectivity index (χ0v) is 8.11. The van der Waals surface area contributed by atoms with E-state index in [1.165, 1.54) is 6.07 Å². The molecule has 2 nitrogen and oxygen atoms in total. The van der Waals surface area contributed by atoms with Gasteiger partial charge in [0.1, 0.15) is 12.1 Å². The largest absolute Gasteiger partial charge is 0.303 e. The van der Waals surface area contributed by atoms with Crippen LogP contribution in [0.1, 0.15) is 17.5 Å². The van der Waals surface area contributed by atoms with Crippen molar-refractivity contribution in [3.8, 4) is 6.07 Å². The summed E-state index contributed by atoms with van der Waals surface area (Å²) in [7, 11) is 0. The summed E-state index contributed by atoms with van der Waals surface area (Å²) in [5, 5.41) is 8.49. The molecule has 76 valence electrons. The highest BCUT2D eigenvalue weighted by atomic mass is 19.1. The number of hydrogen-bond donors (Lipinski definition) is 0. The molecule has 0 aliphatic rings. The summed E-state index contributed by atoms with van der Waals surface area (Å²) in [6.45, 7) is 0. The molecular formula is C12H10FNO. The number of nitrogens with zero attached hydrogens (tertiary/aromatic N) is 1. The Kier molecular flexibility index (Phi) is 4.24. The Morgan fingerprint density at radius 2 is 2.27 bits per heavy atom. The quantitative estimate of drug-likeness (QED) is 0.705. The van der Waals surface area contributed by atoms with Gasteiger partial charge in [-0.15, -0.1) is 0 Å². The third-order valence-electron chi connectivity index (χ3n) is 1.87. The number of carbonyl (C=O) groups excluding carboxylic acids is 1. The van der Waals surface area contributed by atoms with Crippen LogP contribution in [-0.4, -0.2) is 6.29 Å². The lowest BCUT2D eigenvalue weighted by Crippen LogP contribution is -1.87. The van der Waals surface area contributed by atoms with Gasteiger partial charge in [-0.25, -0.2) is 4.39 Å². The molecule has 0 spiro atoms. The van der Waals surface area contributed by atoms with Crippen LogP contribution >= 0.6 is 0 Å². The lowest BCUT2D eigenvalue weighted by Gasteiger charge is -1.99. The number of carbonyl (C=O) groups is 1. The van der Waals surface area contributed by atoms with E-state index in [2.05, 4.69) is 0 Å². The molecule has 0 aliphatic carbocycles. The van der Waals surface area contributed by atoms with Crippen LogP contribution in [0.5, 0.6) is 0 Å². The molecule has 0 radical (unpaired) electrons.